The maximum Gasteiger partial charge on any atom is 0.217 e. The zero-order valence-corrected chi connectivity index (χ0v) is 9.94. The molecule has 0 bridgehead atoms. The van der Waals surface area contributed by atoms with Crippen LogP contribution in [0.25, 0.3) is 0 Å². The average molecular weight is 277 g/mol. The van der Waals surface area contributed by atoms with Gasteiger partial charge in [0.15, 0.2) is 5.78 Å². The number of hydrogen-bond acceptors (Lipinski definition) is 4. The summed E-state index contributed by atoms with van der Waals surface area (Å²) in [4.78, 5) is 25.9. The van der Waals surface area contributed by atoms with E-state index in [2.05, 4.69) is 26.2 Å². The molecular weight excluding hydrogens is 268 g/mol. The first-order valence-electron chi connectivity index (χ1n) is 3.91. The van der Waals surface area contributed by atoms with Gasteiger partial charge < -0.3 is 5.32 Å². The first kappa shape index (κ1) is 11.3. The smallest absolute Gasteiger partial charge is 0.217 e. The van der Waals surface area contributed by atoms with Gasteiger partial charge in [-0.05, 0) is 0 Å². The summed E-state index contributed by atoms with van der Waals surface area (Å²) in [6.07, 6.45) is 0. The number of rotatable bonds is 4. The number of aromatic nitrogens is 1. The lowest BCUT2D eigenvalue weighted by molar-refractivity contribution is -0.119. The number of nitrogens with zero attached hydrogens (tertiary/aromatic N) is 1. The van der Waals surface area contributed by atoms with Gasteiger partial charge in [0.1, 0.15) is 10.7 Å². The molecule has 6 heteroatoms. The Balaban J connectivity index is 2.59. The fourth-order valence-electron chi connectivity index (χ4n) is 0.789. The molecule has 0 saturated carbocycles. The first-order valence-corrected chi connectivity index (χ1v) is 5.91. The molecular formula is C8H9BrN2O2S. The van der Waals surface area contributed by atoms with Crippen LogP contribution in [0.15, 0.2) is 5.38 Å². The molecule has 0 unspecified atom stereocenters. The topological polar surface area (TPSA) is 59.1 Å². The first-order chi connectivity index (χ1) is 6.63. The van der Waals surface area contributed by atoms with E-state index in [1.807, 2.05) is 0 Å². The summed E-state index contributed by atoms with van der Waals surface area (Å²) in [5.41, 5.74) is 0.451. The van der Waals surface area contributed by atoms with Crippen molar-refractivity contribution in [2.75, 3.05) is 5.33 Å². The van der Waals surface area contributed by atoms with Crippen molar-refractivity contribution in [2.24, 2.45) is 0 Å². The lowest BCUT2D eigenvalue weighted by atomic mass is 10.3. The molecule has 0 aliphatic rings. The number of hydrogen-bond donors (Lipinski definition) is 1. The van der Waals surface area contributed by atoms with E-state index in [9.17, 15) is 9.59 Å². The van der Waals surface area contributed by atoms with Crippen molar-refractivity contribution in [3.63, 3.8) is 0 Å². The minimum Gasteiger partial charge on any atom is -0.350 e. The van der Waals surface area contributed by atoms with Crippen LogP contribution in [0.3, 0.4) is 0 Å². The van der Waals surface area contributed by atoms with Crippen LogP contribution in [0.5, 0.6) is 0 Å². The maximum absolute atomic E-state index is 11.2. The molecule has 1 N–H and O–H groups in total. The molecule has 4 nitrogen and oxygen atoms in total. The standard InChI is InChI=1S/C8H9BrN2O2S/c1-5(12)10-3-8-11-6(4-14-8)7(13)2-9/h4H,2-3H2,1H3,(H,10,12). The van der Waals surface area contributed by atoms with E-state index in [0.29, 0.717) is 12.2 Å². The van der Waals surface area contributed by atoms with Crippen LogP contribution in [0.1, 0.15) is 22.4 Å². The Morgan fingerprint density at radius 3 is 2.93 bits per heavy atom. The molecule has 0 radical (unpaired) electrons. The Hall–Kier alpha value is -0.750. The van der Waals surface area contributed by atoms with Crippen LogP contribution in [0, 0.1) is 0 Å². The van der Waals surface area contributed by atoms with Crippen molar-refractivity contribution in [3.05, 3.63) is 16.1 Å². The van der Waals surface area contributed by atoms with Gasteiger partial charge in [0.05, 0.1) is 11.9 Å². The molecule has 1 aromatic rings. The van der Waals surface area contributed by atoms with Gasteiger partial charge in [-0.3, -0.25) is 9.59 Å². The van der Waals surface area contributed by atoms with Gasteiger partial charge in [-0.15, -0.1) is 11.3 Å². The van der Waals surface area contributed by atoms with Gasteiger partial charge in [-0.1, -0.05) is 15.9 Å². The lowest BCUT2D eigenvalue weighted by Crippen LogP contribution is -2.18. The van der Waals surface area contributed by atoms with Crippen LogP contribution in [0.2, 0.25) is 0 Å². The number of thiazole rings is 1. The second kappa shape index (κ2) is 5.21. The zero-order valence-electron chi connectivity index (χ0n) is 7.54. The van der Waals surface area contributed by atoms with Gasteiger partial charge in [0, 0.05) is 12.3 Å². The molecule has 76 valence electrons. The highest BCUT2D eigenvalue weighted by molar-refractivity contribution is 9.09. The van der Waals surface area contributed by atoms with Crippen LogP contribution in [0.4, 0.5) is 0 Å². The highest BCUT2D eigenvalue weighted by Gasteiger charge is 2.08. The molecule has 0 aliphatic carbocycles. The Morgan fingerprint density at radius 1 is 1.64 bits per heavy atom. The molecule has 14 heavy (non-hydrogen) atoms. The summed E-state index contributed by atoms with van der Waals surface area (Å²) in [5, 5.41) is 5.33. The van der Waals surface area contributed by atoms with E-state index in [4.69, 9.17) is 0 Å². The normalized spacial score (nSPS) is 9.86. The molecule has 0 atom stereocenters. The Labute approximate surface area is 93.9 Å². The van der Waals surface area contributed by atoms with Gasteiger partial charge in [0.25, 0.3) is 0 Å². The number of halogens is 1. The minimum absolute atomic E-state index is 0.0460. The Kier molecular flexibility index (Phi) is 4.21. The largest absolute Gasteiger partial charge is 0.350 e. The third kappa shape index (κ3) is 3.19. The summed E-state index contributed by atoms with van der Waals surface area (Å²) in [6.45, 7) is 1.83. The molecule has 0 aromatic carbocycles. The third-order valence-corrected chi connectivity index (χ3v) is 2.81. The SMILES string of the molecule is CC(=O)NCc1nc(C(=O)CBr)cs1. The van der Waals surface area contributed by atoms with E-state index in [1.165, 1.54) is 18.3 Å². The lowest BCUT2D eigenvalue weighted by Gasteiger charge is -1.95. The number of nitrogens with one attached hydrogen (secondary N) is 1. The van der Waals surface area contributed by atoms with Crippen molar-refractivity contribution in [2.45, 2.75) is 13.5 Å². The van der Waals surface area contributed by atoms with E-state index in [-0.39, 0.29) is 17.0 Å². The van der Waals surface area contributed by atoms with Crippen LogP contribution < -0.4 is 5.32 Å². The predicted octanol–water partition coefficient (Wildman–Crippen LogP) is 1.36. The highest BCUT2D eigenvalue weighted by atomic mass is 79.9. The van der Waals surface area contributed by atoms with Crippen LogP contribution >= 0.6 is 27.3 Å². The minimum atomic E-state index is -0.103. The van der Waals surface area contributed by atoms with Crippen LogP contribution in [-0.2, 0) is 11.3 Å². The summed E-state index contributed by atoms with van der Waals surface area (Å²) < 4.78 is 0. The zero-order chi connectivity index (χ0) is 10.6. The van der Waals surface area contributed by atoms with Gasteiger partial charge in [0.2, 0.25) is 5.91 Å². The number of amides is 1. The van der Waals surface area contributed by atoms with E-state index >= 15 is 0 Å². The van der Waals surface area contributed by atoms with Gasteiger partial charge >= 0.3 is 0 Å². The van der Waals surface area contributed by atoms with Crippen LogP contribution in [-0.4, -0.2) is 22.0 Å². The van der Waals surface area contributed by atoms with Crippen molar-refractivity contribution in [1.82, 2.24) is 10.3 Å². The number of ketones is 1. The molecule has 0 fully saturated rings. The van der Waals surface area contributed by atoms with Gasteiger partial charge in [-0.2, -0.15) is 0 Å². The molecule has 1 aromatic heterocycles. The number of alkyl halides is 1. The molecule has 1 rings (SSSR count). The second-order valence-corrected chi connectivity index (χ2v) is 4.10. The van der Waals surface area contributed by atoms with E-state index in [1.54, 1.807) is 5.38 Å². The molecule has 0 saturated heterocycles. The predicted molar refractivity (Wildman–Crippen MR) is 57.8 cm³/mol. The highest BCUT2D eigenvalue weighted by Crippen LogP contribution is 2.10. The third-order valence-electron chi connectivity index (χ3n) is 1.45. The second-order valence-electron chi connectivity index (χ2n) is 2.59. The number of Topliss-reactive ketones (excluding diaryl/α,β-unsaturated/α-hetero) is 1. The molecule has 0 aliphatic heterocycles. The monoisotopic (exact) mass is 276 g/mol. The number of carbonyl (C=O) groups is 2. The van der Waals surface area contributed by atoms with Crippen molar-refractivity contribution in [3.8, 4) is 0 Å². The molecule has 0 spiro atoms. The molecule has 1 amide bonds. The Morgan fingerprint density at radius 2 is 2.36 bits per heavy atom. The van der Waals surface area contributed by atoms with Crippen molar-refractivity contribution < 1.29 is 9.59 Å². The van der Waals surface area contributed by atoms with Crippen molar-refractivity contribution in [1.29, 1.82) is 0 Å². The van der Waals surface area contributed by atoms with E-state index in [0.717, 1.165) is 5.01 Å². The average Bonchev–Trinajstić information content (AvgIpc) is 2.62. The Bertz CT molecular complexity index is 351. The fourth-order valence-corrected chi connectivity index (χ4v) is 1.81. The molecule has 1 heterocycles. The summed E-state index contributed by atoms with van der Waals surface area (Å²) >= 11 is 4.44. The van der Waals surface area contributed by atoms with E-state index < -0.39 is 0 Å². The maximum atomic E-state index is 11.2. The quantitative estimate of drug-likeness (QED) is 0.667. The van der Waals surface area contributed by atoms with Gasteiger partial charge in [-0.25, -0.2) is 4.98 Å². The van der Waals surface area contributed by atoms with Crippen molar-refractivity contribution >= 4 is 39.0 Å². The summed E-state index contributed by atoms with van der Waals surface area (Å²) in [6, 6.07) is 0. The summed E-state index contributed by atoms with van der Waals surface area (Å²) in [7, 11) is 0. The number of carbonyl (C=O) groups excluding carboxylic acids is 2. The summed E-state index contributed by atoms with van der Waals surface area (Å²) in [5.74, 6) is -0.149. The fraction of sp³-hybridized carbons (Fsp3) is 0.375.